The highest BCUT2D eigenvalue weighted by Gasteiger charge is 2.26. The summed E-state index contributed by atoms with van der Waals surface area (Å²) in [7, 11) is 1.63. The number of halogens is 1. The Bertz CT molecular complexity index is 1200. The summed E-state index contributed by atoms with van der Waals surface area (Å²) in [5, 5.41) is 8.18. The molecular weight excluding hydrogens is 440 g/mol. The summed E-state index contributed by atoms with van der Waals surface area (Å²) >= 11 is 6.23. The van der Waals surface area contributed by atoms with E-state index in [-0.39, 0.29) is 17.4 Å². The minimum Gasteiger partial charge on any atom is -0.496 e. The summed E-state index contributed by atoms with van der Waals surface area (Å²) in [5.41, 5.74) is 2.30. The van der Waals surface area contributed by atoms with Crippen molar-refractivity contribution in [1.82, 2.24) is 15.1 Å². The van der Waals surface area contributed by atoms with Crippen molar-refractivity contribution in [2.45, 2.75) is 26.3 Å². The lowest BCUT2D eigenvalue weighted by molar-refractivity contribution is -0.125. The van der Waals surface area contributed by atoms with Crippen molar-refractivity contribution in [2.24, 2.45) is 5.92 Å². The molecular formula is C25H27ClN4O3. The molecule has 0 saturated carbocycles. The fourth-order valence-electron chi connectivity index (χ4n) is 4.02. The second-order valence-electron chi connectivity index (χ2n) is 8.17. The molecule has 1 amide bonds. The third-order valence-corrected chi connectivity index (χ3v) is 6.43. The second kappa shape index (κ2) is 10.1. The van der Waals surface area contributed by atoms with Gasteiger partial charge < -0.3 is 15.0 Å². The average molecular weight is 467 g/mol. The van der Waals surface area contributed by atoms with Crippen molar-refractivity contribution < 1.29 is 9.53 Å². The average Bonchev–Trinajstić information content (AvgIpc) is 2.85. The largest absolute Gasteiger partial charge is 0.496 e. The quantitative estimate of drug-likeness (QED) is 0.599. The van der Waals surface area contributed by atoms with Crippen molar-refractivity contribution in [1.29, 1.82) is 0 Å². The van der Waals surface area contributed by atoms with Crippen LogP contribution in [0.2, 0.25) is 5.02 Å². The van der Waals surface area contributed by atoms with E-state index in [0.29, 0.717) is 36.2 Å². The highest BCUT2D eigenvalue weighted by Crippen LogP contribution is 2.23. The van der Waals surface area contributed by atoms with Gasteiger partial charge in [-0.3, -0.25) is 9.59 Å². The molecule has 0 spiro atoms. The summed E-state index contributed by atoms with van der Waals surface area (Å²) in [6.07, 6.45) is 1.43. The SMILES string of the molecule is COc1ccccc1CNC(=O)C1CCN(c2ccc(=O)n(-c3ccc(C)c(Cl)c3)n2)CC1. The zero-order chi connectivity index (χ0) is 23.4. The van der Waals surface area contributed by atoms with Gasteiger partial charge >= 0.3 is 0 Å². The Labute approximate surface area is 197 Å². The fraction of sp³-hybridized carbons (Fsp3) is 0.320. The number of rotatable bonds is 6. The summed E-state index contributed by atoms with van der Waals surface area (Å²) in [5.74, 6) is 1.47. The van der Waals surface area contributed by atoms with Gasteiger partial charge in [-0.05, 0) is 49.6 Å². The molecule has 172 valence electrons. The number of amides is 1. The van der Waals surface area contributed by atoms with Crippen LogP contribution in [0.1, 0.15) is 24.0 Å². The number of nitrogens with one attached hydrogen (secondary N) is 1. The van der Waals surface area contributed by atoms with Crippen molar-refractivity contribution >= 4 is 23.3 Å². The topological polar surface area (TPSA) is 76.5 Å². The van der Waals surface area contributed by atoms with Crippen LogP contribution in [-0.2, 0) is 11.3 Å². The minimum atomic E-state index is -0.218. The number of aromatic nitrogens is 2. The van der Waals surface area contributed by atoms with E-state index in [1.165, 1.54) is 10.7 Å². The molecule has 0 unspecified atom stereocenters. The molecule has 33 heavy (non-hydrogen) atoms. The van der Waals surface area contributed by atoms with E-state index in [4.69, 9.17) is 16.3 Å². The maximum Gasteiger partial charge on any atom is 0.271 e. The van der Waals surface area contributed by atoms with Crippen molar-refractivity contribution in [3.8, 4) is 11.4 Å². The van der Waals surface area contributed by atoms with Gasteiger partial charge in [0.05, 0.1) is 12.8 Å². The first-order chi connectivity index (χ1) is 16.0. The van der Waals surface area contributed by atoms with Gasteiger partial charge in [-0.1, -0.05) is 35.9 Å². The van der Waals surface area contributed by atoms with Crippen LogP contribution in [0.25, 0.3) is 5.69 Å². The molecule has 2 aromatic carbocycles. The highest BCUT2D eigenvalue weighted by molar-refractivity contribution is 6.31. The number of carbonyl (C=O) groups excluding carboxylic acids is 1. The number of carbonyl (C=O) groups is 1. The first-order valence-electron chi connectivity index (χ1n) is 11.0. The van der Waals surface area contributed by atoms with E-state index in [2.05, 4.69) is 15.3 Å². The van der Waals surface area contributed by atoms with E-state index in [0.717, 1.165) is 29.7 Å². The number of ether oxygens (including phenoxy) is 1. The van der Waals surface area contributed by atoms with E-state index >= 15 is 0 Å². The smallest absolute Gasteiger partial charge is 0.271 e. The molecule has 1 fully saturated rings. The highest BCUT2D eigenvalue weighted by atomic mass is 35.5. The van der Waals surface area contributed by atoms with Gasteiger partial charge in [-0.2, -0.15) is 4.68 Å². The molecule has 1 aliphatic heterocycles. The van der Waals surface area contributed by atoms with Crippen LogP contribution in [0.3, 0.4) is 0 Å². The van der Waals surface area contributed by atoms with E-state index in [9.17, 15) is 9.59 Å². The lowest BCUT2D eigenvalue weighted by Gasteiger charge is -2.32. The Kier molecular flexibility index (Phi) is 6.99. The van der Waals surface area contributed by atoms with Crippen LogP contribution in [0.15, 0.2) is 59.4 Å². The molecule has 3 aromatic rings. The molecule has 1 saturated heterocycles. The lowest BCUT2D eigenvalue weighted by Crippen LogP contribution is -2.41. The van der Waals surface area contributed by atoms with Crippen LogP contribution in [-0.4, -0.2) is 35.9 Å². The number of nitrogens with zero attached hydrogens (tertiary/aromatic N) is 3. The molecule has 1 aliphatic rings. The van der Waals surface area contributed by atoms with Crippen LogP contribution in [0.4, 0.5) is 5.82 Å². The molecule has 1 aromatic heterocycles. The predicted octanol–water partition coefficient (Wildman–Crippen LogP) is 3.74. The van der Waals surface area contributed by atoms with Gasteiger partial charge in [-0.15, -0.1) is 5.10 Å². The maximum atomic E-state index is 12.7. The van der Waals surface area contributed by atoms with Crippen molar-refractivity contribution in [3.63, 3.8) is 0 Å². The van der Waals surface area contributed by atoms with Gasteiger partial charge in [0.25, 0.3) is 5.56 Å². The number of methoxy groups -OCH3 is 1. The van der Waals surface area contributed by atoms with E-state index in [1.54, 1.807) is 19.2 Å². The first kappa shape index (κ1) is 22.9. The molecule has 0 aliphatic carbocycles. The number of piperidine rings is 1. The Morgan fingerprint density at radius 1 is 1.15 bits per heavy atom. The molecule has 2 heterocycles. The summed E-state index contributed by atoms with van der Waals surface area (Å²) < 4.78 is 6.72. The summed E-state index contributed by atoms with van der Waals surface area (Å²) in [4.78, 5) is 27.2. The molecule has 0 atom stereocenters. The zero-order valence-electron chi connectivity index (χ0n) is 18.8. The molecule has 0 bridgehead atoms. The standard InChI is InChI=1S/C25H27ClN4O3/c1-17-7-8-20(15-21(17)26)30-24(31)10-9-23(28-30)29-13-11-18(12-14-29)25(32)27-16-19-5-3-4-6-22(19)33-2/h3-10,15,18H,11-14,16H2,1-2H3,(H,27,32). The van der Waals surface area contributed by atoms with Gasteiger partial charge in [-0.25, -0.2) is 0 Å². The monoisotopic (exact) mass is 466 g/mol. The Morgan fingerprint density at radius 3 is 2.64 bits per heavy atom. The normalized spacial score (nSPS) is 14.2. The molecule has 1 N–H and O–H groups in total. The molecule has 0 radical (unpaired) electrons. The molecule has 8 heteroatoms. The Morgan fingerprint density at radius 2 is 1.91 bits per heavy atom. The van der Waals surface area contributed by atoms with Crippen molar-refractivity contribution in [3.05, 3.63) is 81.1 Å². The van der Waals surface area contributed by atoms with E-state index in [1.807, 2.05) is 43.3 Å². The summed E-state index contributed by atoms with van der Waals surface area (Å²) in [6.45, 7) is 3.73. The lowest BCUT2D eigenvalue weighted by atomic mass is 9.96. The number of para-hydroxylation sites is 1. The number of hydrogen-bond donors (Lipinski definition) is 1. The number of hydrogen-bond acceptors (Lipinski definition) is 5. The van der Waals surface area contributed by atoms with Gasteiger partial charge in [0.15, 0.2) is 0 Å². The van der Waals surface area contributed by atoms with Crippen LogP contribution >= 0.6 is 11.6 Å². The zero-order valence-corrected chi connectivity index (χ0v) is 19.5. The first-order valence-corrected chi connectivity index (χ1v) is 11.4. The third kappa shape index (κ3) is 5.20. The summed E-state index contributed by atoms with van der Waals surface area (Å²) in [6, 6.07) is 16.4. The second-order valence-corrected chi connectivity index (χ2v) is 8.57. The van der Waals surface area contributed by atoms with Gasteiger partial charge in [0.2, 0.25) is 5.91 Å². The number of benzene rings is 2. The Balaban J connectivity index is 1.39. The van der Waals surface area contributed by atoms with Crippen LogP contribution < -0.4 is 20.5 Å². The van der Waals surface area contributed by atoms with Crippen LogP contribution in [0.5, 0.6) is 5.75 Å². The predicted molar refractivity (Wildman–Crippen MR) is 129 cm³/mol. The number of aryl methyl sites for hydroxylation is 1. The fourth-order valence-corrected chi connectivity index (χ4v) is 4.19. The van der Waals surface area contributed by atoms with Gasteiger partial charge in [0, 0.05) is 42.2 Å². The molecule has 7 nitrogen and oxygen atoms in total. The van der Waals surface area contributed by atoms with Crippen molar-refractivity contribution in [2.75, 3.05) is 25.1 Å². The van der Waals surface area contributed by atoms with Crippen LogP contribution in [0, 0.1) is 12.8 Å². The number of anilines is 1. The third-order valence-electron chi connectivity index (χ3n) is 6.02. The Hall–Kier alpha value is -3.32. The maximum absolute atomic E-state index is 12.7. The molecule has 4 rings (SSSR count). The van der Waals surface area contributed by atoms with E-state index < -0.39 is 0 Å². The van der Waals surface area contributed by atoms with Gasteiger partial charge in [0.1, 0.15) is 11.6 Å². The minimum absolute atomic E-state index is 0.0489.